The molecule has 3 rings (SSSR count). The first-order valence-electron chi connectivity index (χ1n) is 5.57. The number of nitrogens with two attached hydrogens (primary N) is 1. The summed E-state index contributed by atoms with van der Waals surface area (Å²) < 4.78 is 0. The predicted molar refractivity (Wildman–Crippen MR) is 63.1 cm³/mol. The Labute approximate surface area is 93.5 Å². The van der Waals surface area contributed by atoms with E-state index in [1.807, 2.05) is 6.07 Å². The minimum Gasteiger partial charge on any atom is -0.384 e. The standard InChI is InChI=1S/C11H15N5/c1-6(7-4-13-5-7)10-14-8-2-3-9(12)15-11(8)16-10/h2-3,6-7,13H,4-5H2,1H3,(H3,12,14,15,16). The molecule has 4 N–H and O–H groups in total. The average Bonchev–Trinajstić information content (AvgIpc) is 2.57. The highest BCUT2D eigenvalue weighted by atomic mass is 15.0. The second kappa shape index (κ2) is 3.45. The van der Waals surface area contributed by atoms with Gasteiger partial charge in [-0.1, -0.05) is 6.92 Å². The molecule has 0 aromatic carbocycles. The van der Waals surface area contributed by atoms with Crippen LogP contribution < -0.4 is 11.1 Å². The minimum absolute atomic E-state index is 0.441. The van der Waals surface area contributed by atoms with E-state index in [1.165, 1.54) is 0 Å². The van der Waals surface area contributed by atoms with Gasteiger partial charge >= 0.3 is 0 Å². The number of anilines is 1. The predicted octanol–water partition coefficient (Wildman–Crippen LogP) is 0.863. The lowest BCUT2D eigenvalue weighted by molar-refractivity contribution is 0.297. The number of nitrogen functional groups attached to an aromatic ring is 1. The van der Waals surface area contributed by atoms with Gasteiger partial charge in [-0.3, -0.25) is 0 Å². The van der Waals surface area contributed by atoms with E-state index >= 15 is 0 Å². The fourth-order valence-electron chi connectivity index (χ4n) is 2.03. The number of H-pyrrole nitrogens is 1. The molecule has 5 nitrogen and oxygen atoms in total. The van der Waals surface area contributed by atoms with Crippen LogP contribution in [-0.4, -0.2) is 28.0 Å². The molecule has 2 aromatic heterocycles. The molecular formula is C11H15N5. The SMILES string of the molecule is CC(c1nc2nc(N)ccc2[nH]1)C1CNC1. The third kappa shape index (κ3) is 1.44. The molecule has 0 bridgehead atoms. The van der Waals surface area contributed by atoms with E-state index in [0.717, 1.165) is 24.4 Å². The first-order valence-corrected chi connectivity index (χ1v) is 5.57. The molecule has 0 amide bonds. The summed E-state index contributed by atoms with van der Waals surface area (Å²) in [6.45, 7) is 4.36. The number of nitrogens with one attached hydrogen (secondary N) is 2. The number of nitrogens with zero attached hydrogens (tertiary/aromatic N) is 2. The van der Waals surface area contributed by atoms with Crippen LogP contribution in [0.3, 0.4) is 0 Å². The lowest BCUT2D eigenvalue weighted by atomic mass is 9.88. The van der Waals surface area contributed by atoms with Gasteiger partial charge < -0.3 is 16.0 Å². The smallest absolute Gasteiger partial charge is 0.179 e. The van der Waals surface area contributed by atoms with Gasteiger partial charge in [-0.15, -0.1) is 0 Å². The Morgan fingerprint density at radius 1 is 1.38 bits per heavy atom. The van der Waals surface area contributed by atoms with E-state index in [-0.39, 0.29) is 0 Å². The lowest BCUT2D eigenvalue weighted by Gasteiger charge is -2.31. The molecule has 1 saturated heterocycles. The average molecular weight is 217 g/mol. The highest BCUT2D eigenvalue weighted by molar-refractivity contribution is 5.72. The molecular weight excluding hydrogens is 202 g/mol. The highest BCUT2D eigenvalue weighted by Gasteiger charge is 2.26. The molecule has 0 aliphatic carbocycles. The molecule has 5 heteroatoms. The van der Waals surface area contributed by atoms with Crippen molar-refractivity contribution in [2.45, 2.75) is 12.8 Å². The molecule has 0 spiro atoms. The molecule has 1 fully saturated rings. The van der Waals surface area contributed by atoms with Crippen molar-refractivity contribution in [1.82, 2.24) is 20.3 Å². The number of hydrogen-bond donors (Lipinski definition) is 3. The number of pyridine rings is 1. The molecule has 3 heterocycles. The molecule has 16 heavy (non-hydrogen) atoms. The molecule has 2 aromatic rings. The minimum atomic E-state index is 0.441. The normalized spacial score (nSPS) is 18.6. The second-order valence-electron chi connectivity index (χ2n) is 4.44. The van der Waals surface area contributed by atoms with Crippen molar-refractivity contribution in [2.75, 3.05) is 18.8 Å². The molecule has 0 radical (unpaired) electrons. The van der Waals surface area contributed by atoms with Gasteiger partial charge in [0.2, 0.25) is 0 Å². The summed E-state index contributed by atoms with van der Waals surface area (Å²) >= 11 is 0. The topological polar surface area (TPSA) is 79.6 Å². The zero-order valence-electron chi connectivity index (χ0n) is 9.20. The van der Waals surface area contributed by atoms with E-state index in [9.17, 15) is 0 Å². The summed E-state index contributed by atoms with van der Waals surface area (Å²) in [5.74, 6) is 2.65. The van der Waals surface area contributed by atoms with E-state index in [0.29, 0.717) is 23.3 Å². The maximum atomic E-state index is 5.63. The molecule has 1 aliphatic rings. The van der Waals surface area contributed by atoms with Crippen molar-refractivity contribution in [3.63, 3.8) is 0 Å². The lowest BCUT2D eigenvalue weighted by Crippen LogP contribution is -2.44. The van der Waals surface area contributed by atoms with Crippen LogP contribution in [0.4, 0.5) is 5.82 Å². The highest BCUT2D eigenvalue weighted by Crippen LogP contribution is 2.26. The Morgan fingerprint density at radius 3 is 2.88 bits per heavy atom. The Morgan fingerprint density at radius 2 is 2.19 bits per heavy atom. The van der Waals surface area contributed by atoms with Crippen LogP contribution >= 0.6 is 0 Å². The molecule has 1 aliphatic heterocycles. The summed E-state index contributed by atoms with van der Waals surface area (Å²) in [7, 11) is 0. The molecule has 1 atom stereocenters. The van der Waals surface area contributed by atoms with Crippen LogP contribution in [-0.2, 0) is 0 Å². The maximum absolute atomic E-state index is 5.63. The summed E-state index contributed by atoms with van der Waals surface area (Å²) in [5, 5.41) is 3.28. The van der Waals surface area contributed by atoms with Crippen LogP contribution in [0.15, 0.2) is 12.1 Å². The fraction of sp³-hybridized carbons (Fsp3) is 0.455. The number of aromatic nitrogens is 3. The summed E-state index contributed by atoms with van der Waals surface area (Å²) in [6, 6.07) is 3.72. The van der Waals surface area contributed by atoms with E-state index in [4.69, 9.17) is 5.73 Å². The second-order valence-corrected chi connectivity index (χ2v) is 4.44. The quantitative estimate of drug-likeness (QED) is 0.697. The fourth-order valence-corrected chi connectivity index (χ4v) is 2.03. The third-order valence-corrected chi connectivity index (χ3v) is 3.34. The first-order chi connectivity index (χ1) is 7.74. The van der Waals surface area contributed by atoms with E-state index in [1.54, 1.807) is 6.07 Å². The van der Waals surface area contributed by atoms with Crippen LogP contribution in [0, 0.1) is 5.92 Å². The van der Waals surface area contributed by atoms with Gasteiger partial charge in [0, 0.05) is 5.92 Å². The number of fused-ring (bicyclic) bond motifs is 1. The van der Waals surface area contributed by atoms with Crippen molar-refractivity contribution >= 4 is 17.0 Å². The molecule has 0 saturated carbocycles. The summed E-state index contributed by atoms with van der Waals surface area (Å²) in [5.41, 5.74) is 7.31. The Balaban J connectivity index is 1.97. The van der Waals surface area contributed by atoms with Crippen LogP contribution in [0.25, 0.3) is 11.2 Å². The number of hydrogen-bond acceptors (Lipinski definition) is 4. The van der Waals surface area contributed by atoms with Gasteiger partial charge in [0.1, 0.15) is 11.6 Å². The van der Waals surface area contributed by atoms with E-state index in [2.05, 4.69) is 27.2 Å². The van der Waals surface area contributed by atoms with Gasteiger partial charge in [-0.25, -0.2) is 9.97 Å². The number of aromatic amines is 1. The Kier molecular flexibility index (Phi) is 2.07. The largest absolute Gasteiger partial charge is 0.384 e. The Hall–Kier alpha value is -1.62. The number of rotatable bonds is 2. The molecule has 84 valence electrons. The summed E-state index contributed by atoms with van der Waals surface area (Å²) in [6.07, 6.45) is 0. The van der Waals surface area contributed by atoms with Gasteiger partial charge in [0.05, 0.1) is 5.52 Å². The Bertz CT molecular complexity index is 514. The van der Waals surface area contributed by atoms with Crippen molar-refractivity contribution in [3.8, 4) is 0 Å². The maximum Gasteiger partial charge on any atom is 0.179 e. The van der Waals surface area contributed by atoms with Gasteiger partial charge in [-0.2, -0.15) is 0 Å². The van der Waals surface area contributed by atoms with Crippen molar-refractivity contribution < 1.29 is 0 Å². The zero-order valence-corrected chi connectivity index (χ0v) is 9.20. The van der Waals surface area contributed by atoms with Gasteiger partial charge in [-0.05, 0) is 31.1 Å². The zero-order chi connectivity index (χ0) is 11.1. The number of imidazole rings is 1. The van der Waals surface area contributed by atoms with E-state index < -0.39 is 0 Å². The third-order valence-electron chi connectivity index (χ3n) is 3.34. The van der Waals surface area contributed by atoms with Gasteiger partial charge in [0.15, 0.2) is 5.65 Å². The van der Waals surface area contributed by atoms with Crippen molar-refractivity contribution in [2.24, 2.45) is 5.92 Å². The monoisotopic (exact) mass is 217 g/mol. The first kappa shape index (κ1) is 9.59. The molecule has 1 unspecified atom stereocenters. The summed E-state index contributed by atoms with van der Waals surface area (Å²) in [4.78, 5) is 12.0. The van der Waals surface area contributed by atoms with Crippen molar-refractivity contribution in [1.29, 1.82) is 0 Å². The van der Waals surface area contributed by atoms with Crippen molar-refractivity contribution in [3.05, 3.63) is 18.0 Å². The van der Waals surface area contributed by atoms with Crippen LogP contribution in [0.5, 0.6) is 0 Å². The van der Waals surface area contributed by atoms with Crippen LogP contribution in [0.2, 0.25) is 0 Å². The van der Waals surface area contributed by atoms with Gasteiger partial charge in [0.25, 0.3) is 0 Å². The van der Waals surface area contributed by atoms with Crippen LogP contribution in [0.1, 0.15) is 18.7 Å².